The van der Waals surface area contributed by atoms with Crippen LogP contribution in [0.2, 0.25) is 0 Å². The van der Waals surface area contributed by atoms with E-state index in [1.165, 1.54) is 0 Å². The van der Waals surface area contributed by atoms with Gasteiger partial charge in [0.25, 0.3) is 0 Å². The normalized spacial score (nSPS) is 11.1. The average molecular weight is 253 g/mol. The summed E-state index contributed by atoms with van der Waals surface area (Å²) >= 11 is 0. The van der Waals surface area contributed by atoms with Crippen LogP contribution in [0.3, 0.4) is 0 Å². The molecule has 0 amide bonds. The monoisotopic (exact) mass is 253 g/mol. The predicted molar refractivity (Wildman–Crippen MR) is 74.4 cm³/mol. The molecule has 1 N–H and O–H groups in total. The van der Waals surface area contributed by atoms with E-state index in [1.54, 1.807) is 12.4 Å². The maximum absolute atomic E-state index is 8.94. The Kier molecular flexibility index (Phi) is 3.01. The highest BCUT2D eigenvalue weighted by molar-refractivity contribution is 5.77. The summed E-state index contributed by atoms with van der Waals surface area (Å²) < 4.78 is 2.11. The Balaban J connectivity index is 2.10. The van der Waals surface area contributed by atoms with E-state index in [2.05, 4.69) is 26.7 Å². The van der Waals surface area contributed by atoms with Crippen molar-refractivity contribution in [1.82, 2.24) is 14.5 Å². The summed E-state index contributed by atoms with van der Waals surface area (Å²) in [5, 5.41) is 8.94. The molecule has 3 rings (SSSR count). The highest BCUT2D eigenvalue weighted by atomic mass is 16.2. The number of aliphatic hydroxyl groups is 1. The summed E-state index contributed by atoms with van der Waals surface area (Å²) in [5.74, 6) is 0.943. The molecule has 0 aliphatic rings. The molecule has 1 aromatic carbocycles. The minimum atomic E-state index is 0.179. The molecule has 2 aromatic heterocycles. The molecular formula is C15H15N3O. The molecule has 0 aliphatic heterocycles. The van der Waals surface area contributed by atoms with Gasteiger partial charge in [0, 0.05) is 18.5 Å². The molecule has 0 bridgehead atoms. The van der Waals surface area contributed by atoms with Crippen LogP contribution >= 0.6 is 0 Å². The summed E-state index contributed by atoms with van der Waals surface area (Å²) in [6, 6.07) is 10.2. The molecule has 0 unspecified atom stereocenters. The average Bonchev–Trinajstić information content (AvgIpc) is 2.76. The highest BCUT2D eigenvalue weighted by Crippen LogP contribution is 2.20. The molecule has 96 valence electrons. The first-order chi connectivity index (χ1) is 9.29. The largest absolute Gasteiger partial charge is 0.396 e. The number of aromatic nitrogens is 3. The molecule has 0 fully saturated rings. The SMILES string of the molecule is Cc1nc2cnccc2n1-c1ccc(CCO)cc1. The number of rotatable bonds is 3. The van der Waals surface area contributed by atoms with Crippen molar-refractivity contribution < 1.29 is 5.11 Å². The molecule has 0 saturated carbocycles. The summed E-state index contributed by atoms with van der Waals surface area (Å²) in [7, 11) is 0. The first-order valence-corrected chi connectivity index (χ1v) is 6.29. The van der Waals surface area contributed by atoms with E-state index in [-0.39, 0.29) is 6.61 Å². The van der Waals surface area contributed by atoms with E-state index in [9.17, 15) is 0 Å². The minimum Gasteiger partial charge on any atom is -0.396 e. The lowest BCUT2D eigenvalue weighted by molar-refractivity contribution is 0.299. The van der Waals surface area contributed by atoms with Crippen LogP contribution in [0.15, 0.2) is 42.7 Å². The zero-order valence-corrected chi connectivity index (χ0v) is 10.7. The number of benzene rings is 1. The molecule has 3 aromatic rings. The van der Waals surface area contributed by atoms with Gasteiger partial charge in [-0.2, -0.15) is 0 Å². The van der Waals surface area contributed by atoms with Crippen molar-refractivity contribution in [3.63, 3.8) is 0 Å². The molecular weight excluding hydrogens is 238 g/mol. The lowest BCUT2D eigenvalue weighted by Crippen LogP contribution is -1.98. The lowest BCUT2D eigenvalue weighted by Gasteiger charge is -2.07. The molecule has 2 heterocycles. The van der Waals surface area contributed by atoms with Gasteiger partial charge in [-0.1, -0.05) is 12.1 Å². The number of hydrogen-bond acceptors (Lipinski definition) is 3. The Morgan fingerprint density at radius 1 is 1.16 bits per heavy atom. The summed E-state index contributed by atoms with van der Waals surface area (Å²) in [6.07, 6.45) is 4.24. The highest BCUT2D eigenvalue weighted by Gasteiger charge is 2.08. The van der Waals surface area contributed by atoms with Crippen molar-refractivity contribution in [1.29, 1.82) is 0 Å². The van der Waals surface area contributed by atoms with Crippen molar-refractivity contribution in [2.24, 2.45) is 0 Å². The van der Waals surface area contributed by atoms with Crippen LogP contribution in [0.4, 0.5) is 0 Å². The van der Waals surface area contributed by atoms with E-state index in [4.69, 9.17) is 5.11 Å². The lowest BCUT2D eigenvalue weighted by atomic mass is 10.1. The Bertz CT molecular complexity index is 701. The number of hydrogen-bond donors (Lipinski definition) is 1. The van der Waals surface area contributed by atoms with Crippen molar-refractivity contribution in [3.8, 4) is 5.69 Å². The van der Waals surface area contributed by atoms with E-state index >= 15 is 0 Å². The number of fused-ring (bicyclic) bond motifs is 1. The molecule has 0 saturated heterocycles. The topological polar surface area (TPSA) is 50.9 Å². The molecule has 0 atom stereocenters. The van der Waals surface area contributed by atoms with Crippen LogP contribution in [0.1, 0.15) is 11.4 Å². The minimum absolute atomic E-state index is 0.179. The standard InChI is InChI=1S/C15H15N3O/c1-11-17-14-10-16-8-6-15(14)18(11)13-4-2-12(3-5-13)7-9-19/h2-6,8,10,19H,7,9H2,1H3. The van der Waals surface area contributed by atoms with E-state index in [1.807, 2.05) is 25.1 Å². The number of pyridine rings is 1. The van der Waals surface area contributed by atoms with Crippen LogP contribution in [0.5, 0.6) is 0 Å². The van der Waals surface area contributed by atoms with E-state index < -0.39 is 0 Å². The summed E-state index contributed by atoms with van der Waals surface area (Å²) in [5.41, 5.74) is 4.17. The third kappa shape index (κ3) is 2.11. The van der Waals surface area contributed by atoms with Gasteiger partial charge in [0.05, 0.1) is 11.7 Å². The molecule has 0 radical (unpaired) electrons. The zero-order valence-electron chi connectivity index (χ0n) is 10.7. The third-order valence-electron chi connectivity index (χ3n) is 3.22. The summed E-state index contributed by atoms with van der Waals surface area (Å²) in [4.78, 5) is 8.60. The van der Waals surface area contributed by atoms with Gasteiger partial charge in [-0.05, 0) is 37.1 Å². The van der Waals surface area contributed by atoms with Crippen LogP contribution in [-0.4, -0.2) is 26.2 Å². The second-order valence-corrected chi connectivity index (χ2v) is 4.50. The van der Waals surface area contributed by atoms with Crippen molar-refractivity contribution >= 4 is 11.0 Å². The predicted octanol–water partition coefficient (Wildman–Crippen LogP) is 2.26. The second-order valence-electron chi connectivity index (χ2n) is 4.50. The smallest absolute Gasteiger partial charge is 0.111 e. The van der Waals surface area contributed by atoms with Crippen LogP contribution in [0.25, 0.3) is 16.7 Å². The quantitative estimate of drug-likeness (QED) is 0.779. The fraction of sp³-hybridized carbons (Fsp3) is 0.200. The van der Waals surface area contributed by atoms with Gasteiger partial charge < -0.3 is 5.11 Å². The fourth-order valence-electron chi connectivity index (χ4n) is 2.32. The van der Waals surface area contributed by atoms with Gasteiger partial charge in [-0.3, -0.25) is 9.55 Å². The molecule has 4 heteroatoms. The second kappa shape index (κ2) is 4.82. The van der Waals surface area contributed by atoms with Crippen molar-refractivity contribution in [2.75, 3.05) is 6.61 Å². The number of imidazole rings is 1. The Morgan fingerprint density at radius 3 is 2.68 bits per heavy atom. The third-order valence-corrected chi connectivity index (χ3v) is 3.22. The van der Waals surface area contributed by atoms with Crippen LogP contribution in [0, 0.1) is 6.92 Å². The Morgan fingerprint density at radius 2 is 1.95 bits per heavy atom. The van der Waals surface area contributed by atoms with Gasteiger partial charge >= 0.3 is 0 Å². The van der Waals surface area contributed by atoms with Gasteiger partial charge in [-0.15, -0.1) is 0 Å². The van der Waals surface area contributed by atoms with Gasteiger partial charge in [0.2, 0.25) is 0 Å². The van der Waals surface area contributed by atoms with Gasteiger partial charge in [0.1, 0.15) is 11.3 Å². The fourth-order valence-corrected chi connectivity index (χ4v) is 2.32. The van der Waals surface area contributed by atoms with Crippen LogP contribution in [-0.2, 0) is 6.42 Å². The van der Waals surface area contributed by atoms with Gasteiger partial charge in [0.15, 0.2) is 0 Å². The zero-order chi connectivity index (χ0) is 13.2. The first kappa shape index (κ1) is 11.9. The molecule has 4 nitrogen and oxygen atoms in total. The molecule has 19 heavy (non-hydrogen) atoms. The number of nitrogens with zero attached hydrogens (tertiary/aromatic N) is 3. The first-order valence-electron chi connectivity index (χ1n) is 6.29. The van der Waals surface area contributed by atoms with E-state index in [0.29, 0.717) is 6.42 Å². The number of aliphatic hydroxyl groups excluding tert-OH is 1. The Labute approximate surface area is 111 Å². The molecule has 0 aliphatic carbocycles. The Hall–Kier alpha value is -2.20. The van der Waals surface area contributed by atoms with Crippen LogP contribution < -0.4 is 0 Å². The van der Waals surface area contributed by atoms with Crippen molar-refractivity contribution in [2.45, 2.75) is 13.3 Å². The summed E-state index contributed by atoms with van der Waals surface area (Å²) in [6.45, 7) is 2.17. The molecule has 0 spiro atoms. The van der Waals surface area contributed by atoms with Gasteiger partial charge in [-0.25, -0.2) is 4.98 Å². The maximum Gasteiger partial charge on any atom is 0.111 e. The van der Waals surface area contributed by atoms with E-state index in [0.717, 1.165) is 28.1 Å². The number of aryl methyl sites for hydroxylation is 1. The maximum atomic E-state index is 8.94. The van der Waals surface area contributed by atoms with Crippen molar-refractivity contribution in [3.05, 3.63) is 54.1 Å².